The molecule has 1 amide bonds. The third-order valence-corrected chi connectivity index (χ3v) is 5.51. The SMILES string of the molecule is CCNC(=NCc1ccc(OCC)c(F)c1)N1CCC(C(=O)N2CCOCC2)CC1. The number of amides is 1. The van der Waals surface area contributed by atoms with Crippen molar-refractivity contribution in [3.8, 4) is 5.75 Å². The fourth-order valence-electron chi connectivity index (χ4n) is 3.89. The summed E-state index contributed by atoms with van der Waals surface area (Å²) < 4.78 is 24.7. The van der Waals surface area contributed by atoms with Gasteiger partial charge < -0.3 is 24.6 Å². The number of morpholine rings is 1. The van der Waals surface area contributed by atoms with Crippen molar-refractivity contribution in [1.82, 2.24) is 15.1 Å². The Labute approximate surface area is 178 Å². The van der Waals surface area contributed by atoms with Crippen molar-refractivity contribution in [1.29, 1.82) is 0 Å². The van der Waals surface area contributed by atoms with E-state index in [1.165, 1.54) is 6.07 Å². The molecule has 0 radical (unpaired) electrons. The lowest BCUT2D eigenvalue weighted by atomic mass is 9.95. The second-order valence-electron chi connectivity index (χ2n) is 7.57. The fraction of sp³-hybridized carbons (Fsp3) is 0.636. The van der Waals surface area contributed by atoms with Crippen LogP contribution in [0, 0.1) is 11.7 Å². The molecule has 8 heteroatoms. The van der Waals surface area contributed by atoms with Crippen LogP contribution >= 0.6 is 0 Å². The normalized spacial score (nSPS) is 18.4. The molecule has 0 bridgehead atoms. The molecule has 2 aliphatic heterocycles. The van der Waals surface area contributed by atoms with Crippen LogP contribution in [-0.2, 0) is 16.1 Å². The van der Waals surface area contributed by atoms with E-state index in [0.717, 1.165) is 44.0 Å². The number of piperidine rings is 1. The van der Waals surface area contributed by atoms with Crippen LogP contribution in [0.4, 0.5) is 4.39 Å². The van der Waals surface area contributed by atoms with Gasteiger partial charge in [-0.2, -0.15) is 0 Å². The van der Waals surface area contributed by atoms with Crippen LogP contribution in [0.25, 0.3) is 0 Å². The van der Waals surface area contributed by atoms with Crippen LogP contribution in [0.2, 0.25) is 0 Å². The summed E-state index contributed by atoms with van der Waals surface area (Å²) in [4.78, 5) is 21.6. The molecule has 0 aliphatic carbocycles. The Hall–Kier alpha value is -2.35. The minimum atomic E-state index is -0.364. The summed E-state index contributed by atoms with van der Waals surface area (Å²) in [6.07, 6.45) is 1.64. The molecule has 1 aromatic carbocycles. The molecule has 3 rings (SSSR count). The van der Waals surface area contributed by atoms with Gasteiger partial charge in [0, 0.05) is 38.6 Å². The highest BCUT2D eigenvalue weighted by atomic mass is 19.1. The van der Waals surface area contributed by atoms with Gasteiger partial charge in [-0.15, -0.1) is 0 Å². The highest BCUT2D eigenvalue weighted by Crippen LogP contribution is 2.21. The zero-order chi connectivity index (χ0) is 21.3. The van der Waals surface area contributed by atoms with Gasteiger partial charge in [0.2, 0.25) is 5.91 Å². The molecule has 0 spiro atoms. The summed E-state index contributed by atoms with van der Waals surface area (Å²) in [6.45, 7) is 9.66. The van der Waals surface area contributed by atoms with Crippen LogP contribution in [0.1, 0.15) is 32.3 Å². The summed E-state index contributed by atoms with van der Waals surface area (Å²) in [7, 11) is 0. The maximum Gasteiger partial charge on any atom is 0.225 e. The summed E-state index contributed by atoms with van der Waals surface area (Å²) >= 11 is 0. The first-order valence-electron chi connectivity index (χ1n) is 10.9. The maximum absolute atomic E-state index is 14.1. The van der Waals surface area contributed by atoms with Gasteiger partial charge in [-0.3, -0.25) is 4.79 Å². The Balaban J connectivity index is 1.57. The van der Waals surface area contributed by atoms with E-state index in [1.54, 1.807) is 6.07 Å². The van der Waals surface area contributed by atoms with Crippen molar-refractivity contribution in [3.05, 3.63) is 29.6 Å². The lowest BCUT2D eigenvalue weighted by Crippen LogP contribution is -2.50. The highest BCUT2D eigenvalue weighted by molar-refractivity contribution is 5.82. The van der Waals surface area contributed by atoms with Crippen LogP contribution in [-0.4, -0.2) is 74.2 Å². The van der Waals surface area contributed by atoms with Gasteiger partial charge in [-0.05, 0) is 44.4 Å². The molecule has 2 saturated heterocycles. The molecule has 2 fully saturated rings. The van der Waals surface area contributed by atoms with E-state index in [0.29, 0.717) is 39.5 Å². The van der Waals surface area contributed by atoms with Crippen LogP contribution in [0.15, 0.2) is 23.2 Å². The number of halogens is 1. The van der Waals surface area contributed by atoms with Crippen molar-refractivity contribution >= 4 is 11.9 Å². The number of hydrogen-bond donors (Lipinski definition) is 1. The van der Waals surface area contributed by atoms with E-state index in [4.69, 9.17) is 14.5 Å². The fourth-order valence-corrected chi connectivity index (χ4v) is 3.89. The number of nitrogens with zero attached hydrogens (tertiary/aromatic N) is 3. The summed E-state index contributed by atoms with van der Waals surface area (Å²) in [5.41, 5.74) is 0.795. The summed E-state index contributed by atoms with van der Waals surface area (Å²) in [6, 6.07) is 4.97. The van der Waals surface area contributed by atoms with Crippen LogP contribution in [0.3, 0.4) is 0 Å². The predicted molar refractivity (Wildman–Crippen MR) is 114 cm³/mol. The van der Waals surface area contributed by atoms with E-state index in [2.05, 4.69) is 10.2 Å². The largest absolute Gasteiger partial charge is 0.491 e. The van der Waals surface area contributed by atoms with Gasteiger partial charge in [0.15, 0.2) is 17.5 Å². The van der Waals surface area contributed by atoms with E-state index < -0.39 is 0 Å². The average molecular weight is 421 g/mol. The first-order valence-corrected chi connectivity index (χ1v) is 10.9. The molecule has 2 aliphatic rings. The Bertz CT molecular complexity index is 729. The smallest absolute Gasteiger partial charge is 0.225 e. The van der Waals surface area contributed by atoms with Crippen molar-refractivity contribution in [2.45, 2.75) is 33.2 Å². The van der Waals surface area contributed by atoms with E-state index in [-0.39, 0.29) is 23.4 Å². The third-order valence-electron chi connectivity index (χ3n) is 5.51. The molecular weight excluding hydrogens is 387 g/mol. The number of rotatable bonds is 6. The quantitative estimate of drug-likeness (QED) is 0.565. The molecule has 0 unspecified atom stereocenters. The molecule has 7 nitrogen and oxygen atoms in total. The first-order chi connectivity index (χ1) is 14.6. The van der Waals surface area contributed by atoms with Crippen LogP contribution < -0.4 is 10.1 Å². The minimum Gasteiger partial charge on any atom is -0.491 e. The molecular formula is C22H33FN4O3. The molecule has 0 aromatic heterocycles. The van der Waals surface area contributed by atoms with E-state index in [1.807, 2.05) is 24.8 Å². The number of carbonyl (C=O) groups excluding carboxylic acids is 1. The standard InChI is InChI=1S/C22H33FN4O3/c1-3-24-22(25-16-17-5-6-20(30-4-2)19(23)15-17)27-9-7-18(8-10-27)21(28)26-11-13-29-14-12-26/h5-6,15,18H,3-4,7-14,16H2,1-2H3,(H,24,25). The van der Waals surface area contributed by atoms with Gasteiger partial charge in [-0.1, -0.05) is 6.07 Å². The number of aliphatic imine (C=N–C) groups is 1. The van der Waals surface area contributed by atoms with Crippen molar-refractivity contribution in [3.63, 3.8) is 0 Å². The van der Waals surface area contributed by atoms with Crippen molar-refractivity contribution in [2.24, 2.45) is 10.9 Å². The number of guanidine groups is 1. The highest BCUT2D eigenvalue weighted by Gasteiger charge is 2.30. The van der Waals surface area contributed by atoms with Crippen molar-refractivity contribution in [2.75, 3.05) is 52.5 Å². The Morgan fingerprint density at radius 3 is 2.57 bits per heavy atom. The van der Waals surface area contributed by atoms with Gasteiger partial charge in [0.25, 0.3) is 0 Å². The van der Waals surface area contributed by atoms with E-state index >= 15 is 0 Å². The lowest BCUT2D eigenvalue weighted by molar-refractivity contribution is -0.140. The van der Waals surface area contributed by atoms with E-state index in [9.17, 15) is 9.18 Å². The molecule has 30 heavy (non-hydrogen) atoms. The van der Waals surface area contributed by atoms with Crippen LogP contribution in [0.5, 0.6) is 5.75 Å². The average Bonchev–Trinajstić information content (AvgIpc) is 2.78. The number of carbonyl (C=O) groups is 1. The second kappa shape index (κ2) is 11.2. The van der Waals surface area contributed by atoms with Crippen molar-refractivity contribution < 1.29 is 18.7 Å². The number of likely N-dealkylation sites (tertiary alicyclic amines) is 1. The molecule has 166 valence electrons. The van der Waals surface area contributed by atoms with Gasteiger partial charge in [0.05, 0.1) is 26.4 Å². The molecule has 1 N–H and O–H groups in total. The lowest BCUT2D eigenvalue weighted by Gasteiger charge is -2.36. The predicted octanol–water partition coefficient (Wildman–Crippen LogP) is 2.26. The number of nitrogens with one attached hydrogen (secondary N) is 1. The second-order valence-corrected chi connectivity index (χ2v) is 7.57. The molecule has 2 heterocycles. The third kappa shape index (κ3) is 5.84. The summed E-state index contributed by atoms with van der Waals surface area (Å²) in [5, 5.41) is 3.32. The number of benzene rings is 1. The minimum absolute atomic E-state index is 0.0717. The Morgan fingerprint density at radius 2 is 1.93 bits per heavy atom. The monoisotopic (exact) mass is 420 g/mol. The molecule has 1 aromatic rings. The van der Waals surface area contributed by atoms with Gasteiger partial charge in [0.1, 0.15) is 0 Å². The number of ether oxygens (including phenoxy) is 2. The first kappa shape index (κ1) is 22.3. The maximum atomic E-state index is 14.1. The zero-order valence-corrected chi connectivity index (χ0v) is 18.0. The summed E-state index contributed by atoms with van der Waals surface area (Å²) in [5.74, 6) is 1.04. The Kier molecular flexibility index (Phi) is 8.30. The van der Waals surface area contributed by atoms with Gasteiger partial charge >= 0.3 is 0 Å². The molecule has 0 atom stereocenters. The Morgan fingerprint density at radius 1 is 1.20 bits per heavy atom. The number of hydrogen-bond acceptors (Lipinski definition) is 4. The topological polar surface area (TPSA) is 66.4 Å². The zero-order valence-electron chi connectivity index (χ0n) is 18.0. The molecule has 0 saturated carbocycles. The van der Waals surface area contributed by atoms with Gasteiger partial charge in [-0.25, -0.2) is 9.38 Å².